The molecule has 0 bridgehead atoms. The number of hydrogen-bond donors (Lipinski definition) is 1. The molecule has 4 nitrogen and oxygen atoms in total. The zero-order valence-corrected chi connectivity index (χ0v) is 13.7. The van der Waals surface area contributed by atoms with Crippen molar-refractivity contribution >= 4 is 6.09 Å². The van der Waals surface area contributed by atoms with Crippen molar-refractivity contribution in [2.75, 3.05) is 19.6 Å². The normalized spacial score (nSPS) is 20.6. The fourth-order valence-corrected chi connectivity index (χ4v) is 2.71. The van der Waals surface area contributed by atoms with E-state index in [1.54, 1.807) is 17.0 Å². The van der Waals surface area contributed by atoms with E-state index in [1.165, 1.54) is 12.1 Å². The van der Waals surface area contributed by atoms with Crippen LogP contribution in [0.2, 0.25) is 0 Å². The Labute approximate surface area is 131 Å². The summed E-state index contributed by atoms with van der Waals surface area (Å²) in [4.78, 5) is 14.2. The van der Waals surface area contributed by atoms with Gasteiger partial charge in [0.15, 0.2) is 0 Å². The number of piperazine rings is 1. The van der Waals surface area contributed by atoms with Crippen LogP contribution in [0.3, 0.4) is 0 Å². The van der Waals surface area contributed by atoms with Crippen molar-refractivity contribution in [2.45, 2.75) is 45.3 Å². The van der Waals surface area contributed by atoms with Crippen LogP contribution in [0.5, 0.6) is 0 Å². The van der Waals surface area contributed by atoms with E-state index < -0.39 is 5.60 Å². The summed E-state index contributed by atoms with van der Waals surface area (Å²) in [5.74, 6) is -0.150. The van der Waals surface area contributed by atoms with Crippen molar-refractivity contribution in [1.82, 2.24) is 10.2 Å². The lowest BCUT2D eigenvalue weighted by molar-refractivity contribution is 0.00947. The van der Waals surface area contributed by atoms with E-state index in [9.17, 15) is 9.18 Å². The minimum Gasteiger partial charge on any atom is -0.444 e. The summed E-state index contributed by atoms with van der Waals surface area (Å²) in [5.41, 5.74) is 0.509. The van der Waals surface area contributed by atoms with Crippen molar-refractivity contribution in [2.24, 2.45) is 0 Å². The number of amides is 1. The molecule has 1 aromatic carbocycles. The van der Waals surface area contributed by atoms with Gasteiger partial charge >= 0.3 is 6.09 Å². The highest BCUT2D eigenvalue weighted by molar-refractivity contribution is 5.69. The van der Waals surface area contributed by atoms with Crippen molar-refractivity contribution in [3.8, 4) is 0 Å². The maximum Gasteiger partial charge on any atom is 0.410 e. The molecule has 2 atom stereocenters. The Bertz CT molecular complexity index is 510. The molecule has 1 heterocycles. The average molecular weight is 308 g/mol. The zero-order valence-electron chi connectivity index (χ0n) is 13.7. The molecule has 0 aromatic heterocycles. The zero-order chi connectivity index (χ0) is 16.3. The molecule has 0 aliphatic carbocycles. The number of halogens is 1. The van der Waals surface area contributed by atoms with E-state index in [2.05, 4.69) is 12.2 Å². The first-order valence-corrected chi connectivity index (χ1v) is 7.74. The second kappa shape index (κ2) is 6.65. The Morgan fingerprint density at radius 3 is 2.59 bits per heavy atom. The third-order valence-corrected chi connectivity index (χ3v) is 3.88. The molecule has 1 fully saturated rings. The topological polar surface area (TPSA) is 41.6 Å². The van der Waals surface area contributed by atoms with Crippen LogP contribution in [0.15, 0.2) is 24.3 Å². The minimum atomic E-state index is -0.508. The van der Waals surface area contributed by atoms with Gasteiger partial charge in [-0.25, -0.2) is 9.18 Å². The summed E-state index contributed by atoms with van der Waals surface area (Å²) < 4.78 is 18.6. The van der Waals surface area contributed by atoms with E-state index in [0.717, 1.165) is 12.1 Å². The van der Waals surface area contributed by atoms with Crippen LogP contribution >= 0.6 is 0 Å². The lowest BCUT2D eigenvalue weighted by atomic mass is 9.91. The summed E-state index contributed by atoms with van der Waals surface area (Å²) in [5, 5.41) is 3.32. The molecule has 0 saturated carbocycles. The first kappa shape index (κ1) is 16.7. The summed E-state index contributed by atoms with van der Waals surface area (Å²) in [6.07, 6.45) is -0.284. The largest absolute Gasteiger partial charge is 0.444 e. The van der Waals surface area contributed by atoms with Crippen LogP contribution in [0.1, 0.15) is 39.2 Å². The Hall–Kier alpha value is -1.62. The predicted octanol–water partition coefficient (Wildman–Crippen LogP) is 3.14. The molecule has 5 heteroatoms. The van der Waals surface area contributed by atoms with Crippen LogP contribution < -0.4 is 5.32 Å². The summed E-state index contributed by atoms with van der Waals surface area (Å²) in [6, 6.07) is 6.47. The van der Waals surface area contributed by atoms with Gasteiger partial charge in [-0.2, -0.15) is 0 Å². The van der Waals surface area contributed by atoms with E-state index in [0.29, 0.717) is 13.1 Å². The third-order valence-electron chi connectivity index (χ3n) is 3.88. The van der Waals surface area contributed by atoms with Crippen LogP contribution in [-0.2, 0) is 4.74 Å². The summed E-state index contributed by atoms with van der Waals surface area (Å²) in [6.45, 7) is 9.74. The number of hydrogen-bond acceptors (Lipinski definition) is 3. The van der Waals surface area contributed by atoms with Gasteiger partial charge in [0.05, 0.1) is 6.04 Å². The van der Waals surface area contributed by atoms with Gasteiger partial charge in [-0.1, -0.05) is 19.1 Å². The van der Waals surface area contributed by atoms with Crippen molar-refractivity contribution in [1.29, 1.82) is 0 Å². The second-order valence-corrected chi connectivity index (χ2v) is 6.79. The molecular formula is C17H25FN2O2. The first-order valence-electron chi connectivity index (χ1n) is 7.74. The molecule has 2 rings (SSSR count). The standard InChI is InChI=1S/C17H25FN2O2/c1-12(13-5-7-14(18)8-6-13)15-11-19-9-10-20(15)16(21)22-17(2,3)4/h5-8,12,15,19H,9-11H2,1-4H3. The molecule has 1 aliphatic heterocycles. The number of carbonyl (C=O) groups excluding carboxylic acids is 1. The fraction of sp³-hybridized carbons (Fsp3) is 0.588. The maximum absolute atomic E-state index is 13.1. The van der Waals surface area contributed by atoms with E-state index in [-0.39, 0.29) is 23.9 Å². The molecule has 122 valence electrons. The Kier molecular flexibility index (Phi) is 5.06. The number of rotatable bonds is 2. The average Bonchev–Trinajstić information content (AvgIpc) is 2.45. The molecule has 1 saturated heterocycles. The molecule has 1 amide bonds. The van der Waals surface area contributed by atoms with Gasteiger partial charge in [-0.15, -0.1) is 0 Å². The Morgan fingerprint density at radius 1 is 1.36 bits per heavy atom. The number of benzene rings is 1. The maximum atomic E-state index is 13.1. The van der Waals surface area contributed by atoms with Gasteiger partial charge < -0.3 is 15.0 Å². The minimum absolute atomic E-state index is 0.00550. The third kappa shape index (κ3) is 4.19. The fourth-order valence-electron chi connectivity index (χ4n) is 2.71. The highest BCUT2D eigenvalue weighted by Gasteiger charge is 2.34. The Balaban J connectivity index is 2.15. The molecule has 0 spiro atoms. The number of nitrogens with one attached hydrogen (secondary N) is 1. The van der Waals surface area contributed by atoms with E-state index >= 15 is 0 Å². The van der Waals surface area contributed by atoms with E-state index in [4.69, 9.17) is 4.74 Å². The number of carbonyl (C=O) groups is 1. The molecule has 1 N–H and O–H groups in total. The quantitative estimate of drug-likeness (QED) is 0.912. The molecular weight excluding hydrogens is 283 g/mol. The van der Waals surface area contributed by atoms with Crippen LogP contribution in [0, 0.1) is 5.82 Å². The molecule has 2 unspecified atom stereocenters. The molecule has 1 aliphatic rings. The van der Waals surface area contributed by atoms with Crippen molar-refractivity contribution < 1.29 is 13.9 Å². The highest BCUT2D eigenvalue weighted by Crippen LogP contribution is 2.26. The SMILES string of the molecule is CC(c1ccc(F)cc1)C1CNCCN1C(=O)OC(C)(C)C. The summed E-state index contributed by atoms with van der Waals surface area (Å²) in [7, 11) is 0. The lowest BCUT2D eigenvalue weighted by Crippen LogP contribution is -2.56. The molecule has 0 radical (unpaired) electrons. The highest BCUT2D eigenvalue weighted by atomic mass is 19.1. The first-order chi connectivity index (χ1) is 10.3. The summed E-state index contributed by atoms with van der Waals surface area (Å²) >= 11 is 0. The lowest BCUT2D eigenvalue weighted by Gasteiger charge is -2.40. The smallest absolute Gasteiger partial charge is 0.410 e. The number of nitrogens with zero attached hydrogens (tertiary/aromatic N) is 1. The predicted molar refractivity (Wildman–Crippen MR) is 84.4 cm³/mol. The van der Waals surface area contributed by atoms with Gasteiger partial charge in [0.2, 0.25) is 0 Å². The van der Waals surface area contributed by atoms with Crippen LogP contribution in [-0.4, -0.2) is 42.3 Å². The van der Waals surface area contributed by atoms with Gasteiger partial charge in [-0.05, 0) is 38.5 Å². The second-order valence-electron chi connectivity index (χ2n) is 6.79. The van der Waals surface area contributed by atoms with Crippen molar-refractivity contribution in [3.63, 3.8) is 0 Å². The van der Waals surface area contributed by atoms with Gasteiger partial charge in [0, 0.05) is 25.6 Å². The Morgan fingerprint density at radius 2 is 2.00 bits per heavy atom. The van der Waals surface area contributed by atoms with Crippen LogP contribution in [0.25, 0.3) is 0 Å². The van der Waals surface area contributed by atoms with Gasteiger partial charge in [-0.3, -0.25) is 0 Å². The number of ether oxygens (including phenoxy) is 1. The van der Waals surface area contributed by atoms with Crippen LogP contribution in [0.4, 0.5) is 9.18 Å². The van der Waals surface area contributed by atoms with Crippen molar-refractivity contribution in [3.05, 3.63) is 35.6 Å². The van der Waals surface area contributed by atoms with Gasteiger partial charge in [0.25, 0.3) is 0 Å². The molecule has 1 aromatic rings. The van der Waals surface area contributed by atoms with E-state index in [1.807, 2.05) is 20.8 Å². The monoisotopic (exact) mass is 308 g/mol. The van der Waals surface area contributed by atoms with Gasteiger partial charge in [0.1, 0.15) is 11.4 Å². The molecule has 22 heavy (non-hydrogen) atoms.